The van der Waals surface area contributed by atoms with Crippen molar-refractivity contribution in [3.05, 3.63) is 12.2 Å². The zero-order valence-electron chi connectivity index (χ0n) is 6.10. The number of rotatable bonds is 3. The van der Waals surface area contributed by atoms with Gasteiger partial charge in [0.1, 0.15) is 18.2 Å². The molecule has 0 aliphatic rings. The molecule has 1 rings (SSSR count). The number of H-pyrrole nitrogens is 1. The third-order valence-corrected chi connectivity index (χ3v) is 1.20. The van der Waals surface area contributed by atoms with E-state index in [4.69, 9.17) is 10.8 Å². The Morgan fingerprint density at radius 2 is 2.50 bits per heavy atom. The maximum absolute atomic E-state index is 10.2. The number of nitrogens with two attached hydrogens (primary N) is 1. The molecule has 6 nitrogen and oxygen atoms in total. The molecule has 1 atom stereocenters. The Kier molecular flexibility index (Phi) is 4.24. The number of hydrogen-bond acceptors (Lipinski definition) is 4. The van der Waals surface area contributed by atoms with Crippen molar-refractivity contribution in [2.24, 2.45) is 5.73 Å². The fraction of sp³-hybridized carbons (Fsp3) is 0.400. The second kappa shape index (κ2) is 4.68. The highest BCUT2D eigenvalue weighted by Crippen LogP contribution is 1.91. The first-order valence-corrected chi connectivity index (χ1v) is 3.03. The summed E-state index contributed by atoms with van der Waals surface area (Å²) in [5.74, 6) is -0.554. The lowest BCUT2D eigenvalue weighted by Crippen LogP contribution is -2.32. The summed E-state index contributed by atoms with van der Waals surface area (Å²) in [5.41, 5.74) is 5.22. The average Bonchev–Trinajstić information content (AvgIpc) is 2.39. The Labute approximate surface area is 74.6 Å². The van der Waals surface area contributed by atoms with Crippen LogP contribution < -0.4 is 5.73 Å². The van der Waals surface area contributed by atoms with Crippen LogP contribution >= 0.6 is 12.4 Å². The number of aromatic nitrogens is 3. The summed E-state index contributed by atoms with van der Waals surface area (Å²) >= 11 is 0. The predicted octanol–water partition coefficient (Wildman–Crippen LogP) is -0.819. The molecule has 0 saturated heterocycles. The summed E-state index contributed by atoms with van der Waals surface area (Å²) in [7, 11) is 0. The van der Waals surface area contributed by atoms with Crippen molar-refractivity contribution in [3.63, 3.8) is 0 Å². The number of nitrogens with one attached hydrogen (secondary N) is 1. The summed E-state index contributed by atoms with van der Waals surface area (Å²) in [6.07, 6.45) is 1.49. The van der Waals surface area contributed by atoms with Crippen LogP contribution in [0.3, 0.4) is 0 Å². The molecule has 0 bridgehead atoms. The van der Waals surface area contributed by atoms with Gasteiger partial charge in [-0.2, -0.15) is 5.10 Å². The summed E-state index contributed by atoms with van der Waals surface area (Å²) < 4.78 is 0. The third kappa shape index (κ3) is 2.85. The van der Waals surface area contributed by atoms with E-state index < -0.39 is 12.0 Å². The zero-order valence-corrected chi connectivity index (χ0v) is 6.91. The van der Waals surface area contributed by atoms with Gasteiger partial charge in [-0.15, -0.1) is 12.4 Å². The molecule has 0 aliphatic carbocycles. The van der Waals surface area contributed by atoms with Crippen LogP contribution in [0.1, 0.15) is 5.82 Å². The molecule has 0 saturated carbocycles. The largest absolute Gasteiger partial charge is 0.480 e. The number of carboxylic acids is 1. The van der Waals surface area contributed by atoms with Gasteiger partial charge in [0, 0.05) is 6.42 Å². The van der Waals surface area contributed by atoms with E-state index in [0.717, 1.165) is 0 Å². The van der Waals surface area contributed by atoms with Gasteiger partial charge in [-0.05, 0) is 0 Å². The number of halogens is 1. The van der Waals surface area contributed by atoms with Gasteiger partial charge in [0.05, 0.1) is 0 Å². The van der Waals surface area contributed by atoms with Gasteiger partial charge < -0.3 is 10.8 Å². The van der Waals surface area contributed by atoms with Gasteiger partial charge in [-0.3, -0.25) is 9.89 Å². The number of carboxylic acid groups (broad SMARTS) is 1. The second-order valence-electron chi connectivity index (χ2n) is 2.08. The summed E-state index contributed by atoms with van der Waals surface area (Å²) in [6.45, 7) is 0. The molecule has 12 heavy (non-hydrogen) atoms. The van der Waals surface area contributed by atoms with Crippen molar-refractivity contribution in [1.82, 2.24) is 15.2 Å². The minimum absolute atomic E-state index is 0. The lowest BCUT2D eigenvalue weighted by molar-refractivity contribution is -0.138. The summed E-state index contributed by atoms with van der Waals surface area (Å²) in [5, 5.41) is 14.5. The van der Waals surface area contributed by atoms with Gasteiger partial charge in [0.25, 0.3) is 0 Å². The van der Waals surface area contributed by atoms with Gasteiger partial charge in [0.15, 0.2) is 0 Å². The van der Waals surface area contributed by atoms with Crippen molar-refractivity contribution in [2.75, 3.05) is 0 Å². The van der Waals surface area contributed by atoms with Crippen LogP contribution in [0.15, 0.2) is 6.33 Å². The molecular weight excluding hydrogens is 184 g/mol. The molecular formula is C5H9ClN4O2. The lowest BCUT2D eigenvalue weighted by Gasteiger charge is -2.01. The van der Waals surface area contributed by atoms with Crippen LogP contribution in [0.2, 0.25) is 0 Å². The maximum Gasteiger partial charge on any atom is 0.320 e. The molecule has 1 unspecified atom stereocenters. The van der Waals surface area contributed by atoms with E-state index in [1.54, 1.807) is 0 Å². The normalized spacial score (nSPS) is 11.8. The van der Waals surface area contributed by atoms with Crippen molar-refractivity contribution < 1.29 is 9.90 Å². The SMILES string of the molecule is Cl.NC(Cc1ncn[nH]1)C(=O)O. The lowest BCUT2D eigenvalue weighted by atomic mass is 10.2. The molecule has 4 N–H and O–H groups in total. The highest BCUT2D eigenvalue weighted by Gasteiger charge is 2.12. The van der Waals surface area contributed by atoms with E-state index in [9.17, 15) is 4.79 Å². The molecule has 7 heteroatoms. The van der Waals surface area contributed by atoms with Crippen LogP contribution in [0.25, 0.3) is 0 Å². The van der Waals surface area contributed by atoms with E-state index in [1.165, 1.54) is 6.33 Å². The number of carbonyl (C=O) groups is 1. The summed E-state index contributed by atoms with van der Waals surface area (Å²) in [6, 6.07) is -0.914. The van der Waals surface area contributed by atoms with Crippen molar-refractivity contribution >= 4 is 18.4 Å². The van der Waals surface area contributed by atoms with E-state index in [0.29, 0.717) is 5.82 Å². The molecule has 0 aromatic carbocycles. The van der Waals surface area contributed by atoms with E-state index in [2.05, 4.69) is 15.2 Å². The highest BCUT2D eigenvalue weighted by molar-refractivity contribution is 5.85. The number of nitrogens with zero attached hydrogens (tertiary/aromatic N) is 2. The van der Waals surface area contributed by atoms with E-state index in [-0.39, 0.29) is 18.8 Å². The minimum atomic E-state index is -1.04. The smallest absolute Gasteiger partial charge is 0.320 e. The van der Waals surface area contributed by atoms with Crippen molar-refractivity contribution in [3.8, 4) is 0 Å². The topological polar surface area (TPSA) is 105 Å². The fourth-order valence-electron chi connectivity index (χ4n) is 0.625. The van der Waals surface area contributed by atoms with Crippen molar-refractivity contribution in [2.45, 2.75) is 12.5 Å². The monoisotopic (exact) mass is 192 g/mol. The fourth-order valence-corrected chi connectivity index (χ4v) is 0.625. The molecule has 0 spiro atoms. The molecule has 1 heterocycles. The predicted molar refractivity (Wildman–Crippen MR) is 42.9 cm³/mol. The first-order chi connectivity index (χ1) is 5.20. The number of aliphatic carboxylic acids is 1. The maximum atomic E-state index is 10.2. The zero-order chi connectivity index (χ0) is 8.27. The number of aromatic amines is 1. The highest BCUT2D eigenvalue weighted by atomic mass is 35.5. The van der Waals surface area contributed by atoms with Gasteiger partial charge in [-0.1, -0.05) is 0 Å². The van der Waals surface area contributed by atoms with Crippen LogP contribution in [0.5, 0.6) is 0 Å². The summed E-state index contributed by atoms with van der Waals surface area (Å²) in [4.78, 5) is 14.0. The standard InChI is InChI=1S/C5H8N4O2.ClH/c6-3(5(10)11)1-4-7-2-8-9-4;/h2-3H,1,6H2,(H,10,11)(H,7,8,9);1H. The first-order valence-electron chi connectivity index (χ1n) is 3.03. The Bertz CT molecular complexity index is 238. The first kappa shape index (κ1) is 10.9. The molecule has 0 aliphatic heterocycles. The van der Waals surface area contributed by atoms with Crippen LogP contribution in [0.4, 0.5) is 0 Å². The Morgan fingerprint density at radius 3 is 2.92 bits per heavy atom. The Hall–Kier alpha value is -1.14. The Morgan fingerprint density at radius 1 is 1.83 bits per heavy atom. The van der Waals surface area contributed by atoms with E-state index in [1.807, 2.05) is 0 Å². The molecule has 0 fully saturated rings. The minimum Gasteiger partial charge on any atom is -0.480 e. The van der Waals surface area contributed by atoms with Gasteiger partial charge in [-0.25, -0.2) is 4.98 Å². The Balaban J connectivity index is 0.00000121. The van der Waals surface area contributed by atoms with Crippen LogP contribution in [-0.2, 0) is 11.2 Å². The van der Waals surface area contributed by atoms with Gasteiger partial charge >= 0.3 is 5.97 Å². The second-order valence-corrected chi connectivity index (χ2v) is 2.08. The van der Waals surface area contributed by atoms with Crippen LogP contribution in [-0.4, -0.2) is 32.3 Å². The van der Waals surface area contributed by atoms with E-state index >= 15 is 0 Å². The quantitative estimate of drug-likeness (QED) is 0.581. The molecule has 0 radical (unpaired) electrons. The molecule has 68 valence electrons. The van der Waals surface area contributed by atoms with Crippen LogP contribution in [0, 0.1) is 0 Å². The third-order valence-electron chi connectivity index (χ3n) is 1.20. The number of hydrogen-bond donors (Lipinski definition) is 3. The van der Waals surface area contributed by atoms with Crippen molar-refractivity contribution in [1.29, 1.82) is 0 Å². The average molecular weight is 193 g/mol. The molecule has 1 aromatic rings. The molecule has 1 aromatic heterocycles. The van der Waals surface area contributed by atoms with Gasteiger partial charge in [0.2, 0.25) is 0 Å². The molecule has 0 amide bonds.